The summed E-state index contributed by atoms with van der Waals surface area (Å²) in [6.07, 6.45) is 3.84. The number of aromatic nitrogens is 4. The van der Waals surface area contributed by atoms with Gasteiger partial charge in [-0.1, -0.05) is 50.2 Å². The van der Waals surface area contributed by atoms with Gasteiger partial charge in [0.1, 0.15) is 22.9 Å². The summed E-state index contributed by atoms with van der Waals surface area (Å²) in [7, 11) is 1.71. The number of aryl methyl sites for hydroxylation is 2. The maximum atomic E-state index is 5.92. The Hall–Kier alpha value is -3.71. The molecule has 3 aromatic heterocycles. The number of methoxy groups -OCH3 is 1. The Balaban J connectivity index is 1.55. The molecular weight excluding hydrogens is 488 g/mol. The standard InChI is InChI=1S/C32H36N4O3/c1-19-29(20(2)39-35-19)25-15-26-24(16-28(25)37-6)30-27(17-33-26)34-31(22-11-13-38-14-12-22)36(30)18-21-7-9-23(10-8-21)32(3,4)5/h7-10,15-17,22H,11-14,18H2,1-6H3. The molecule has 202 valence electrons. The fourth-order valence-electron chi connectivity index (χ4n) is 5.81. The van der Waals surface area contributed by atoms with Crippen molar-refractivity contribution in [1.82, 2.24) is 19.7 Å². The molecule has 2 aromatic carbocycles. The molecule has 6 rings (SSSR count). The van der Waals surface area contributed by atoms with Gasteiger partial charge in [-0.3, -0.25) is 4.98 Å². The van der Waals surface area contributed by atoms with Crippen LogP contribution in [0.3, 0.4) is 0 Å². The third kappa shape index (κ3) is 4.59. The zero-order valence-corrected chi connectivity index (χ0v) is 23.7. The summed E-state index contributed by atoms with van der Waals surface area (Å²) in [6, 6.07) is 13.2. The van der Waals surface area contributed by atoms with Crippen LogP contribution in [0.1, 0.15) is 67.9 Å². The Morgan fingerprint density at radius 2 is 1.77 bits per heavy atom. The summed E-state index contributed by atoms with van der Waals surface area (Å²) in [4.78, 5) is 10.0. The van der Waals surface area contributed by atoms with Crippen LogP contribution in [0.25, 0.3) is 33.1 Å². The predicted octanol–water partition coefficient (Wildman–Crippen LogP) is 7.10. The average molecular weight is 525 g/mol. The van der Waals surface area contributed by atoms with Crippen molar-refractivity contribution in [2.75, 3.05) is 20.3 Å². The van der Waals surface area contributed by atoms with Crippen molar-refractivity contribution in [3.63, 3.8) is 0 Å². The fraction of sp³-hybridized carbons (Fsp3) is 0.406. The van der Waals surface area contributed by atoms with Crippen molar-refractivity contribution in [3.8, 4) is 16.9 Å². The van der Waals surface area contributed by atoms with Gasteiger partial charge >= 0.3 is 0 Å². The molecule has 0 saturated carbocycles. The largest absolute Gasteiger partial charge is 0.496 e. The summed E-state index contributed by atoms with van der Waals surface area (Å²) in [6.45, 7) is 12.9. The van der Waals surface area contributed by atoms with Gasteiger partial charge in [-0.2, -0.15) is 0 Å². The molecule has 7 heteroatoms. The second-order valence-electron chi connectivity index (χ2n) is 11.7. The topological polar surface area (TPSA) is 75.2 Å². The second-order valence-corrected chi connectivity index (χ2v) is 11.7. The molecule has 39 heavy (non-hydrogen) atoms. The average Bonchev–Trinajstić information content (AvgIpc) is 3.47. The second kappa shape index (κ2) is 9.79. The summed E-state index contributed by atoms with van der Waals surface area (Å²) in [5.41, 5.74) is 8.29. The third-order valence-electron chi connectivity index (χ3n) is 7.97. The first-order valence-electron chi connectivity index (χ1n) is 13.7. The number of rotatable bonds is 5. The number of benzene rings is 2. The smallest absolute Gasteiger partial charge is 0.141 e. The monoisotopic (exact) mass is 524 g/mol. The van der Waals surface area contributed by atoms with Crippen LogP contribution >= 0.6 is 0 Å². The van der Waals surface area contributed by atoms with Crippen LogP contribution in [0.15, 0.2) is 47.1 Å². The van der Waals surface area contributed by atoms with Crippen LogP contribution in [-0.4, -0.2) is 40.0 Å². The number of imidazole rings is 1. The maximum Gasteiger partial charge on any atom is 0.141 e. The highest BCUT2D eigenvalue weighted by Crippen LogP contribution is 2.40. The SMILES string of the molecule is COc1cc2c(cc1-c1c(C)noc1C)ncc1nc(C3CCOCC3)n(Cc3ccc(C(C)(C)C)cc3)c12. The number of nitrogens with zero attached hydrogens (tertiary/aromatic N) is 4. The van der Waals surface area contributed by atoms with Crippen LogP contribution in [-0.2, 0) is 16.7 Å². The fourth-order valence-corrected chi connectivity index (χ4v) is 5.81. The van der Waals surface area contributed by atoms with Gasteiger partial charge in [0.15, 0.2) is 0 Å². The highest BCUT2D eigenvalue weighted by molar-refractivity contribution is 6.05. The van der Waals surface area contributed by atoms with Crippen molar-refractivity contribution >= 4 is 21.9 Å². The van der Waals surface area contributed by atoms with Gasteiger partial charge in [-0.05, 0) is 55.4 Å². The van der Waals surface area contributed by atoms with Gasteiger partial charge in [0, 0.05) is 36.6 Å². The number of hydrogen-bond donors (Lipinski definition) is 0. The van der Waals surface area contributed by atoms with Crippen molar-refractivity contribution in [1.29, 1.82) is 0 Å². The van der Waals surface area contributed by atoms with E-state index in [1.807, 2.05) is 20.0 Å². The van der Waals surface area contributed by atoms with Gasteiger partial charge in [-0.25, -0.2) is 4.98 Å². The molecule has 0 atom stereocenters. The molecule has 0 spiro atoms. The summed E-state index contributed by atoms with van der Waals surface area (Å²) in [5.74, 6) is 2.98. The molecule has 0 unspecified atom stereocenters. The van der Waals surface area contributed by atoms with E-state index >= 15 is 0 Å². The van der Waals surface area contributed by atoms with Crippen molar-refractivity contribution < 1.29 is 14.0 Å². The van der Waals surface area contributed by atoms with E-state index in [-0.39, 0.29) is 5.41 Å². The molecule has 0 N–H and O–H groups in total. The zero-order valence-electron chi connectivity index (χ0n) is 23.7. The number of hydrogen-bond acceptors (Lipinski definition) is 6. The minimum atomic E-state index is 0.116. The lowest BCUT2D eigenvalue weighted by Crippen LogP contribution is -2.18. The molecule has 1 fully saturated rings. The van der Waals surface area contributed by atoms with Gasteiger partial charge in [-0.15, -0.1) is 0 Å². The van der Waals surface area contributed by atoms with Gasteiger partial charge in [0.2, 0.25) is 0 Å². The molecule has 0 bridgehead atoms. The van der Waals surface area contributed by atoms with Gasteiger partial charge in [0.05, 0.1) is 35.6 Å². The van der Waals surface area contributed by atoms with E-state index in [1.165, 1.54) is 11.1 Å². The van der Waals surface area contributed by atoms with Crippen LogP contribution in [0, 0.1) is 13.8 Å². The van der Waals surface area contributed by atoms with E-state index < -0.39 is 0 Å². The molecule has 7 nitrogen and oxygen atoms in total. The van der Waals surface area contributed by atoms with E-state index in [0.717, 1.165) is 88.7 Å². The molecule has 1 saturated heterocycles. The molecule has 5 aromatic rings. The van der Waals surface area contributed by atoms with Crippen molar-refractivity contribution in [2.45, 2.75) is 65.3 Å². The van der Waals surface area contributed by atoms with Crippen LogP contribution in [0.4, 0.5) is 0 Å². The Kier molecular flexibility index (Phi) is 6.42. The van der Waals surface area contributed by atoms with Crippen molar-refractivity contribution in [2.24, 2.45) is 0 Å². The molecule has 0 radical (unpaired) electrons. The Bertz CT molecular complexity index is 1630. The lowest BCUT2D eigenvalue weighted by atomic mass is 9.87. The number of fused-ring (bicyclic) bond motifs is 3. The lowest BCUT2D eigenvalue weighted by molar-refractivity contribution is 0.0830. The Morgan fingerprint density at radius 1 is 1.03 bits per heavy atom. The zero-order chi connectivity index (χ0) is 27.3. The lowest BCUT2D eigenvalue weighted by Gasteiger charge is -2.23. The quantitative estimate of drug-likeness (QED) is 0.244. The minimum absolute atomic E-state index is 0.116. The number of pyridine rings is 1. The molecule has 1 aliphatic heterocycles. The summed E-state index contributed by atoms with van der Waals surface area (Å²) >= 11 is 0. The van der Waals surface area contributed by atoms with Gasteiger partial charge < -0.3 is 18.6 Å². The van der Waals surface area contributed by atoms with E-state index in [0.29, 0.717) is 5.92 Å². The highest BCUT2D eigenvalue weighted by Gasteiger charge is 2.26. The highest BCUT2D eigenvalue weighted by atomic mass is 16.5. The van der Waals surface area contributed by atoms with E-state index in [1.54, 1.807) is 7.11 Å². The Labute approximate surface area is 229 Å². The summed E-state index contributed by atoms with van der Waals surface area (Å²) in [5, 5.41) is 5.18. The first kappa shape index (κ1) is 25.6. The first-order chi connectivity index (χ1) is 18.7. The molecular formula is C32H36N4O3. The normalized spacial score (nSPS) is 14.9. The van der Waals surface area contributed by atoms with E-state index in [2.05, 4.69) is 66.9 Å². The van der Waals surface area contributed by atoms with Crippen LogP contribution in [0.2, 0.25) is 0 Å². The third-order valence-corrected chi connectivity index (χ3v) is 7.97. The summed E-state index contributed by atoms with van der Waals surface area (Å²) < 4.78 is 19.5. The van der Waals surface area contributed by atoms with E-state index in [4.69, 9.17) is 24.0 Å². The molecule has 1 aliphatic rings. The molecule has 0 aliphatic carbocycles. The number of ether oxygens (including phenoxy) is 2. The van der Waals surface area contributed by atoms with Crippen molar-refractivity contribution in [3.05, 3.63) is 71.0 Å². The van der Waals surface area contributed by atoms with Crippen LogP contribution in [0.5, 0.6) is 5.75 Å². The first-order valence-corrected chi connectivity index (χ1v) is 13.7. The van der Waals surface area contributed by atoms with Gasteiger partial charge in [0.25, 0.3) is 0 Å². The Morgan fingerprint density at radius 3 is 2.41 bits per heavy atom. The molecule has 4 heterocycles. The predicted molar refractivity (Wildman–Crippen MR) is 154 cm³/mol. The van der Waals surface area contributed by atoms with E-state index in [9.17, 15) is 0 Å². The maximum absolute atomic E-state index is 5.92. The minimum Gasteiger partial charge on any atom is -0.496 e. The van der Waals surface area contributed by atoms with Crippen LogP contribution < -0.4 is 4.74 Å². The molecule has 0 amide bonds.